The van der Waals surface area contributed by atoms with E-state index in [1.54, 1.807) is 0 Å². The Labute approximate surface area is 259 Å². The molecule has 2 atom stereocenters. The molecule has 0 saturated carbocycles. The van der Waals surface area contributed by atoms with Crippen LogP contribution < -0.4 is 9.47 Å². The molecule has 3 aliphatic heterocycles. The molecule has 224 valence electrons. The summed E-state index contributed by atoms with van der Waals surface area (Å²) in [6.07, 6.45) is 6.85. The smallest absolute Gasteiger partial charge is 0.217 e. The van der Waals surface area contributed by atoms with Crippen LogP contribution in [0.15, 0.2) is 107 Å². The normalized spacial score (nSPS) is 20.4. The maximum Gasteiger partial charge on any atom is 0.217 e. The lowest BCUT2D eigenvalue weighted by Gasteiger charge is -2.17. The van der Waals surface area contributed by atoms with Gasteiger partial charge in [-0.3, -0.25) is 0 Å². The van der Waals surface area contributed by atoms with Crippen molar-refractivity contribution in [2.45, 2.75) is 50.6 Å². The fourth-order valence-corrected chi connectivity index (χ4v) is 6.07. The van der Waals surface area contributed by atoms with Crippen LogP contribution in [0.4, 0.5) is 0 Å². The third-order valence-electron chi connectivity index (χ3n) is 8.48. The highest BCUT2D eigenvalue weighted by atomic mass is 16.5. The average Bonchev–Trinajstić information content (AvgIpc) is 3.77. The van der Waals surface area contributed by atoms with Gasteiger partial charge in [-0.25, -0.2) is 9.98 Å². The lowest BCUT2D eigenvalue weighted by atomic mass is 9.94. The number of ether oxygens (including phenoxy) is 4. The highest BCUT2D eigenvalue weighted by Gasteiger charge is 2.28. The minimum absolute atomic E-state index is 0.0520. The third-order valence-corrected chi connectivity index (χ3v) is 8.48. The first kappa shape index (κ1) is 28.2. The second-order valence-corrected chi connectivity index (χ2v) is 11.6. The lowest BCUT2D eigenvalue weighted by molar-refractivity contribution is 0.296. The summed E-state index contributed by atoms with van der Waals surface area (Å²) in [6, 6.07) is 32.9. The molecule has 0 unspecified atom stereocenters. The van der Waals surface area contributed by atoms with Crippen LogP contribution in [-0.2, 0) is 9.47 Å². The Hall–Kier alpha value is -4.58. The summed E-state index contributed by atoms with van der Waals surface area (Å²) in [4.78, 5) is 10.1. The van der Waals surface area contributed by atoms with E-state index in [4.69, 9.17) is 28.9 Å². The summed E-state index contributed by atoms with van der Waals surface area (Å²) in [5, 5.41) is 0. The van der Waals surface area contributed by atoms with Crippen molar-refractivity contribution < 1.29 is 18.9 Å². The molecule has 6 heteroatoms. The van der Waals surface area contributed by atoms with E-state index in [0.29, 0.717) is 38.2 Å². The molecule has 4 aromatic carbocycles. The predicted octanol–water partition coefficient (Wildman–Crippen LogP) is 8.50. The average molecular weight is 587 g/mol. The topological polar surface area (TPSA) is 61.6 Å². The number of rotatable bonds is 4. The van der Waals surface area contributed by atoms with Crippen molar-refractivity contribution in [1.29, 1.82) is 0 Å². The van der Waals surface area contributed by atoms with Gasteiger partial charge in [0.05, 0.1) is 13.2 Å². The minimum Gasteiger partial charge on any atom is -0.494 e. The van der Waals surface area contributed by atoms with Gasteiger partial charge in [-0.1, -0.05) is 86.3 Å². The molecule has 6 nitrogen and oxygen atoms in total. The quantitative estimate of drug-likeness (QED) is 0.241. The Morgan fingerprint density at radius 1 is 0.432 bits per heavy atom. The van der Waals surface area contributed by atoms with Crippen LogP contribution >= 0.6 is 0 Å². The van der Waals surface area contributed by atoms with Crippen LogP contribution in [0.5, 0.6) is 11.5 Å². The number of aliphatic imine (C=N–C) groups is 2. The number of fused-ring (bicyclic) bond motifs is 5. The molecule has 3 aliphatic rings. The molecule has 0 spiro atoms. The first-order valence-electron chi connectivity index (χ1n) is 15.9. The molecule has 0 aromatic heterocycles. The monoisotopic (exact) mass is 586 g/mol. The van der Waals surface area contributed by atoms with E-state index >= 15 is 0 Å². The second-order valence-electron chi connectivity index (χ2n) is 11.6. The molecular weight excluding hydrogens is 548 g/mol. The van der Waals surface area contributed by atoms with Crippen molar-refractivity contribution in [3.8, 4) is 22.6 Å². The number of hydrogen-bond donors (Lipinski definition) is 0. The Morgan fingerprint density at radius 2 is 0.864 bits per heavy atom. The van der Waals surface area contributed by atoms with Crippen molar-refractivity contribution in [3.63, 3.8) is 0 Å². The van der Waals surface area contributed by atoms with Crippen LogP contribution in [0.25, 0.3) is 11.1 Å². The zero-order valence-electron chi connectivity index (χ0n) is 25.0. The highest BCUT2D eigenvalue weighted by Crippen LogP contribution is 2.38. The number of nitrogens with zero attached hydrogens (tertiary/aromatic N) is 2. The van der Waals surface area contributed by atoms with Gasteiger partial charge in [0, 0.05) is 11.1 Å². The van der Waals surface area contributed by atoms with Crippen molar-refractivity contribution >= 4 is 11.8 Å². The van der Waals surface area contributed by atoms with Crippen molar-refractivity contribution in [2.75, 3.05) is 26.4 Å². The van der Waals surface area contributed by atoms with Crippen LogP contribution in [0.3, 0.4) is 0 Å². The number of benzene rings is 4. The van der Waals surface area contributed by atoms with Crippen LogP contribution in [0.1, 0.15) is 72.9 Å². The Bertz CT molecular complexity index is 1510. The summed E-state index contributed by atoms with van der Waals surface area (Å²) in [7, 11) is 0. The van der Waals surface area contributed by atoms with E-state index in [1.807, 2.05) is 48.5 Å². The van der Waals surface area contributed by atoms with E-state index in [1.165, 1.54) is 25.7 Å². The Kier molecular flexibility index (Phi) is 8.57. The van der Waals surface area contributed by atoms with Gasteiger partial charge in [-0.15, -0.1) is 0 Å². The standard InChI is InChI=1S/C38H38N2O4/c1-2-4-12-22-42-30-18-20-32(38-40-36(26-44-38)28-15-9-6-10-16-28)34(24-30)33-23-29(41-21-11-3-1)17-19-31(33)37-39-35(25-43-37)27-13-7-5-8-14-27/h5-10,13-20,23-24,35-36H,1-4,11-12,21-22,25-26H2/t35-,36-/m1/s1. The van der Waals surface area contributed by atoms with Crippen LogP contribution in [0.2, 0.25) is 0 Å². The molecule has 0 radical (unpaired) electrons. The lowest BCUT2D eigenvalue weighted by Crippen LogP contribution is -2.09. The SMILES string of the molecule is c1ccc([C@H]2COC(c3ccc4cc3-c3cc(ccc3C3=N[C@@H](c5ccccc5)CO3)OCCCCCCCCO4)=N2)cc1. The molecule has 7 rings (SSSR count). The van der Waals surface area contributed by atoms with Gasteiger partial charge in [0.15, 0.2) is 0 Å². The summed E-state index contributed by atoms with van der Waals surface area (Å²) >= 11 is 0. The van der Waals surface area contributed by atoms with Crippen molar-refractivity contribution in [2.24, 2.45) is 9.98 Å². The first-order valence-corrected chi connectivity index (χ1v) is 15.9. The molecule has 0 fully saturated rings. The van der Waals surface area contributed by atoms with Crippen LogP contribution in [-0.4, -0.2) is 38.2 Å². The Morgan fingerprint density at radius 3 is 1.32 bits per heavy atom. The van der Waals surface area contributed by atoms with Crippen molar-refractivity contribution in [1.82, 2.24) is 0 Å². The fraction of sp³-hybridized carbons (Fsp3) is 0.316. The highest BCUT2D eigenvalue weighted by molar-refractivity contribution is 6.07. The van der Waals surface area contributed by atoms with E-state index < -0.39 is 0 Å². The molecule has 44 heavy (non-hydrogen) atoms. The largest absolute Gasteiger partial charge is 0.494 e. The van der Waals surface area contributed by atoms with E-state index in [-0.39, 0.29) is 12.1 Å². The van der Waals surface area contributed by atoms with E-state index in [2.05, 4.69) is 48.5 Å². The van der Waals surface area contributed by atoms with Gasteiger partial charge in [-0.05, 0) is 71.5 Å². The zero-order chi connectivity index (χ0) is 29.6. The predicted molar refractivity (Wildman–Crippen MR) is 174 cm³/mol. The first-order chi connectivity index (χ1) is 21.8. The van der Waals surface area contributed by atoms with Gasteiger partial charge >= 0.3 is 0 Å². The van der Waals surface area contributed by atoms with Gasteiger partial charge in [-0.2, -0.15) is 0 Å². The number of hydrogen-bond acceptors (Lipinski definition) is 6. The van der Waals surface area contributed by atoms with Gasteiger partial charge in [0.1, 0.15) is 36.8 Å². The maximum absolute atomic E-state index is 6.29. The summed E-state index contributed by atoms with van der Waals surface area (Å²) < 4.78 is 25.1. The molecular formula is C38H38N2O4. The van der Waals surface area contributed by atoms with Gasteiger partial charge < -0.3 is 18.9 Å². The Balaban J connectivity index is 1.32. The minimum atomic E-state index is -0.0520. The molecule has 0 amide bonds. The molecule has 4 aromatic rings. The molecule has 0 aliphatic carbocycles. The fourth-order valence-electron chi connectivity index (χ4n) is 6.07. The van der Waals surface area contributed by atoms with Gasteiger partial charge in [0.2, 0.25) is 11.8 Å². The van der Waals surface area contributed by atoms with Crippen molar-refractivity contribution in [3.05, 3.63) is 119 Å². The van der Waals surface area contributed by atoms with E-state index in [0.717, 1.165) is 57.7 Å². The molecule has 0 N–H and O–H groups in total. The van der Waals surface area contributed by atoms with Crippen LogP contribution in [0, 0.1) is 0 Å². The molecule has 3 heterocycles. The zero-order valence-corrected chi connectivity index (χ0v) is 25.0. The van der Waals surface area contributed by atoms with E-state index in [9.17, 15) is 0 Å². The molecule has 4 bridgehead atoms. The summed E-state index contributed by atoms with van der Waals surface area (Å²) in [5.41, 5.74) is 6.01. The van der Waals surface area contributed by atoms with Gasteiger partial charge in [0.25, 0.3) is 0 Å². The second kappa shape index (κ2) is 13.4. The summed E-state index contributed by atoms with van der Waals surface area (Å²) in [6.45, 7) is 2.39. The third kappa shape index (κ3) is 6.35. The molecule has 0 saturated heterocycles. The summed E-state index contributed by atoms with van der Waals surface area (Å²) in [5.74, 6) is 2.90. The maximum atomic E-state index is 6.29.